The van der Waals surface area contributed by atoms with E-state index in [1.54, 1.807) is 13.8 Å². The molecule has 0 aromatic heterocycles. The number of rotatable bonds is 6. The van der Waals surface area contributed by atoms with Gasteiger partial charge < -0.3 is 10.4 Å². The van der Waals surface area contributed by atoms with Gasteiger partial charge in [-0.2, -0.15) is 0 Å². The molecule has 0 spiro atoms. The van der Waals surface area contributed by atoms with Crippen LogP contribution in [0.25, 0.3) is 0 Å². The van der Waals surface area contributed by atoms with Crippen molar-refractivity contribution in [1.29, 1.82) is 0 Å². The van der Waals surface area contributed by atoms with Gasteiger partial charge >= 0.3 is 0 Å². The van der Waals surface area contributed by atoms with Crippen molar-refractivity contribution in [1.82, 2.24) is 5.06 Å². The summed E-state index contributed by atoms with van der Waals surface area (Å²) in [4.78, 5) is 11.7. The fourth-order valence-electron chi connectivity index (χ4n) is 0.907. The predicted molar refractivity (Wildman–Crippen MR) is 65.1 cm³/mol. The zero-order valence-electron chi connectivity index (χ0n) is 10.8. The zero-order chi connectivity index (χ0) is 14.4. The van der Waals surface area contributed by atoms with Gasteiger partial charge in [0, 0.05) is 23.5 Å². The van der Waals surface area contributed by atoms with Gasteiger partial charge in [-0.15, -0.1) is 0 Å². The van der Waals surface area contributed by atoms with Crippen LogP contribution >= 0.6 is 0 Å². The molecule has 0 amide bonds. The normalized spacial score (nSPS) is 13.8. The lowest BCUT2D eigenvalue weighted by Gasteiger charge is -2.26. The third-order valence-corrected chi connectivity index (χ3v) is 2.25. The van der Waals surface area contributed by atoms with Crippen molar-refractivity contribution in [2.24, 2.45) is 10.3 Å². The van der Waals surface area contributed by atoms with E-state index in [-0.39, 0.29) is 0 Å². The third kappa shape index (κ3) is 4.50. The van der Waals surface area contributed by atoms with Crippen molar-refractivity contribution in [2.75, 3.05) is 0 Å². The van der Waals surface area contributed by atoms with Gasteiger partial charge in [-0.05, 0) is 13.8 Å². The maximum atomic E-state index is 11.7. The molecular formula is C10H19N4O4+. The highest BCUT2D eigenvalue weighted by molar-refractivity contribution is 5.68. The van der Waals surface area contributed by atoms with E-state index in [0.717, 1.165) is 24.8 Å². The first-order chi connectivity index (χ1) is 8.17. The van der Waals surface area contributed by atoms with Crippen LogP contribution in [0.5, 0.6) is 0 Å². The quantitative estimate of drug-likeness (QED) is 0.289. The van der Waals surface area contributed by atoms with E-state index in [0.29, 0.717) is 9.82 Å². The van der Waals surface area contributed by atoms with Gasteiger partial charge in [-0.1, -0.05) is 10.3 Å². The number of oxime groups is 2. The Bertz CT molecular complexity index is 374. The maximum absolute atomic E-state index is 11.7. The molecule has 18 heavy (non-hydrogen) atoms. The van der Waals surface area contributed by atoms with Crippen molar-refractivity contribution >= 4 is 12.4 Å². The van der Waals surface area contributed by atoms with E-state index < -0.39 is 11.1 Å². The molecule has 8 nitrogen and oxygen atoms in total. The topological polar surface area (TPSA) is 109 Å². The molecule has 0 aromatic rings. The van der Waals surface area contributed by atoms with Gasteiger partial charge in [0.15, 0.2) is 0 Å². The summed E-state index contributed by atoms with van der Waals surface area (Å²) in [5, 5.41) is 32.8. The molecule has 8 heteroatoms. The summed E-state index contributed by atoms with van der Waals surface area (Å²) in [6.07, 6.45) is 4.34. The maximum Gasteiger partial charge on any atom is 0.249 e. The van der Waals surface area contributed by atoms with Gasteiger partial charge in [0.25, 0.3) is 0 Å². The van der Waals surface area contributed by atoms with Crippen LogP contribution in [0.2, 0.25) is 0 Å². The van der Waals surface area contributed by atoms with Crippen molar-refractivity contribution in [2.45, 2.75) is 38.8 Å². The second-order valence-electron chi connectivity index (χ2n) is 4.76. The Morgan fingerprint density at radius 3 is 2.06 bits per heavy atom. The SMILES string of the molecule is CC(C)(C=NO)N(O)C=C[N+](=O)C(C)(C)C=NO. The zero-order valence-corrected chi connectivity index (χ0v) is 10.8. The molecule has 0 aromatic carbocycles. The van der Waals surface area contributed by atoms with Gasteiger partial charge in [-0.3, -0.25) is 5.21 Å². The predicted octanol–water partition coefficient (Wildman–Crippen LogP) is 1.40. The molecule has 0 aliphatic heterocycles. The first kappa shape index (κ1) is 16.0. The number of hydrogen-bond acceptors (Lipinski definition) is 7. The molecular weight excluding hydrogens is 240 g/mol. The third-order valence-electron chi connectivity index (χ3n) is 2.25. The summed E-state index contributed by atoms with van der Waals surface area (Å²) < 4.78 is 0.502. The molecule has 0 fully saturated rings. The number of hydrogen-bond donors (Lipinski definition) is 3. The lowest BCUT2D eigenvalue weighted by molar-refractivity contribution is -0.536. The highest BCUT2D eigenvalue weighted by Crippen LogP contribution is 2.11. The van der Waals surface area contributed by atoms with Crippen molar-refractivity contribution in [3.63, 3.8) is 0 Å². The molecule has 3 N–H and O–H groups in total. The van der Waals surface area contributed by atoms with Crippen molar-refractivity contribution in [3.05, 3.63) is 17.3 Å². The van der Waals surface area contributed by atoms with Gasteiger partial charge in [-0.25, -0.2) is 5.06 Å². The minimum atomic E-state index is -1.05. The molecule has 102 valence electrons. The Balaban J connectivity index is 4.81. The number of nitrogens with zero attached hydrogens (tertiary/aromatic N) is 4. The van der Waals surface area contributed by atoms with Crippen LogP contribution in [0.4, 0.5) is 0 Å². The number of hydroxylamine groups is 2. The molecule has 0 saturated heterocycles. The summed E-state index contributed by atoms with van der Waals surface area (Å²) >= 11 is 0. The lowest BCUT2D eigenvalue weighted by Crippen LogP contribution is -2.40. The minimum absolute atomic E-state index is 0.502. The lowest BCUT2D eigenvalue weighted by atomic mass is 10.1. The average molecular weight is 259 g/mol. The Morgan fingerprint density at radius 1 is 1.11 bits per heavy atom. The van der Waals surface area contributed by atoms with Crippen LogP contribution in [0.1, 0.15) is 27.7 Å². The largest absolute Gasteiger partial charge is 0.411 e. The first-order valence-electron chi connectivity index (χ1n) is 5.17. The molecule has 0 radical (unpaired) electrons. The van der Waals surface area contributed by atoms with E-state index in [2.05, 4.69) is 10.3 Å². The summed E-state index contributed by atoms with van der Waals surface area (Å²) in [5.74, 6) is 0. The van der Waals surface area contributed by atoms with Crippen LogP contribution in [-0.4, -0.2) is 49.0 Å². The highest BCUT2D eigenvalue weighted by atomic mass is 16.5. The van der Waals surface area contributed by atoms with E-state index in [9.17, 15) is 10.1 Å². The van der Waals surface area contributed by atoms with Gasteiger partial charge in [0.1, 0.15) is 6.21 Å². The smallest absolute Gasteiger partial charge is 0.249 e. The van der Waals surface area contributed by atoms with Crippen molar-refractivity contribution < 1.29 is 20.4 Å². The fourth-order valence-corrected chi connectivity index (χ4v) is 0.907. The molecule has 0 bridgehead atoms. The molecule has 0 atom stereocenters. The summed E-state index contributed by atoms with van der Waals surface area (Å²) in [5.41, 5.74) is -2.03. The molecule has 0 heterocycles. The summed E-state index contributed by atoms with van der Waals surface area (Å²) in [6.45, 7) is 6.22. The second kappa shape index (κ2) is 6.10. The molecule has 0 rings (SSSR count). The van der Waals surface area contributed by atoms with Crippen LogP contribution < -0.4 is 0 Å². The van der Waals surface area contributed by atoms with Gasteiger partial charge in [0.2, 0.25) is 11.7 Å². The molecule has 0 unspecified atom stereocenters. The standard InChI is InChI=1S/C10H18N4O4/c1-9(2,7-11-15)13(17)5-6-14(18)10(3,4)8-12-16/h5-8,17H,1-4H3,(H-,15,16)/p+1. The molecule has 0 saturated carbocycles. The van der Waals surface area contributed by atoms with E-state index >= 15 is 0 Å². The van der Waals surface area contributed by atoms with Gasteiger partial charge in [0.05, 0.1) is 18.0 Å². The monoisotopic (exact) mass is 259 g/mol. The van der Waals surface area contributed by atoms with E-state index in [1.165, 1.54) is 13.8 Å². The Hall–Kier alpha value is -1.96. The highest BCUT2D eigenvalue weighted by Gasteiger charge is 2.32. The summed E-state index contributed by atoms with van der Waals surface area (Å²) in [6, 6.07) is 0. The average Bonchev–Trinajstić information content (AvgIpc) is 2.24. The van der Waals surface area contributed by atoms with Crippen molar-refractivity contribution in [3.8, 4) is 0 Å². The first-order valence-corrected chi connectivity index (χ1v) is 5.17. The van der Waals surface area contributed by atoms with E-state index in [1.807, 2.05) is 0 Å². The molecule has 0 aliphatic rings. The van der Waals surface area contributed by atoms with Crippen LogP contribution in [0.15, 0.2) is 22.7 Å². The second-order valence-corrected chi connectivity index (χ2v) is 4.76. The molecule has 0 aliphatic carbocycles. The minimum Gasteiger partial charge on any atom is -0.411 e. The van der Waals surface area contributed by atoms with Crippen LogP contribution in [0.3, 0.4) is 0 Å². The summed E-state index contributed by atoms with van der Waals surface area (Å²) in [7, 11) is 0. The van der Waals surface area contributed by atoms with Crippen LogP contribution in [-0.2, 0) is 0 Å². The van der Waals surface area contributed by atoms with Crippen LogP contribution in [0, 0.1) is 4.91 Å². The number of nitroso groups, excluding NO2 is 1. The Morgan fingerprint density at radius 2 is 1.61 bits per heavy atom. The van der Waals surface area contributed by atoms with E-state index in [4.69, 9.17) is 10.4 Å². The Labute approximate surface area is 105 Å². The fraction of sp³-hybridized carbons (Fsp3) is 0.600. The Kier molecular flexibility index (Phi) is 5.44.